The molecule has 0 spiro atoms. The standard InChI is InChI=1S/C10H21N3O/c1-13(7-4-10(11)14)8-9-2-5-12-6-3-9/h9,12H,2-8H2,1H3,(H2,11,14). The summed E-state index contributed by atoms with van der Waals surface area (Å²) >= 11 is 0. The number of hydrogen-bond acceptors (Lipinski definition) is 3. The molecule has 0 aromatic carbocycles. The first-order chi connectivity index (χ1) is 6.68. The lowest BCUT2D eigenvalue weighted by atomic mass is 9.98. The second-order valence-corrected chi connectivity index (χ2v) is 4.17. The molecule has 1 aliphatic rings. The Morgan fingerprint density at radius 2 is 2.14 bits per heavy atom. The Hall–Kier alpha value is -0.610. The van der Waals surface area contributed by atoms with Crippen LogP contribution in [0.3, 0.4) is 0 Å². The van der Waals surface area contributed by atoms with Gasteiger partial charge in [-0.25, -0.2) is 0 Å². The molecular formula is C10H21N3O. The summed E-state index contributed by atoms with van der Waals surface area (Å²) in [5.41, 5.74) is 5.10. The van der Waals surface area contributed by atoms with Gasteiger partial charge in [0.15, 0.2) is 0 Å². The van der Waals surface area contributed by atoms with Crippen LogP contribution in [0.25, 0.3) is 0 Å². The van der Waals surface area contributed by atoms with Crippen LogP contribution in [0.1, 0.15) is 19.3 Å². The quantitative estimate of drug-likeness (QED) is 0.644. The van der Waals surface area contributed by atoms with Crippen molar-refractivity contribution in [2.45, 2.75) is 19.3 Å². The normalized spacial score (nSPS) is 18.7. The summed E-state index contributed by atoms with van der Waals surface area (Å²) in [6.45, 7) is 4.15. The minimum atomic E-state index is -0.206. The average Bonchev–Trinajstić information content (AvgIpc) is 2.16. The number of nitrogens with two attached hydrogens (primary N) is 1. The number of primary amides is 1. The van der Waals surface area contributed by atoms with Gasteiger partial charge in [0.1, 0.15) is 0 Å². The number of nitrogens with one attached hydrogen (secondary N) is 1. The maximum atomic E-state index is 10.6. The molecule has 0 radical (unpaired) electrons. The van der Waals surface area contributed by atoms with E-state index in [0.717, 1.165) is 32.1 Å². The lowest BCUT2D eigenvalue weighted by Gasteiger charge is -2.27. The lowest BCUT2D eigenvalue weighted by Crippen LogP contribution is -2.35. The highest BCUT2D eigenvalue weighted by Gasteiger charge is 2.14. The SMILES string of the molecule is CN(CCC(N)=O)CC1CCNCC1. The van der Waals surface area contributed by atoms with Crippen molar-refractivity contribution in [3.63, 3.8) is 0 Å². The highest BCUT2D eigenvalue weighted by molar-refractivity contribution is 5.73. The Balaban J connectivity index is 2.11. The number of amides is 1. The maximum absolute atomic E-state index is 10.6. The predicted octanol–water partition coefficient (Wildman–Crippen LogP) is -0.207. The van der Waals surface area contributed by atoms with Gasteiger partial charge in [-0.1, -0.05) is 0 Å². The molecular weight excluding hydrogens is 178 g/mol. The van der Waals surface area contributed by atoms with E-state index in [0.29, 0.717) is 6.42 Å². The zero-order valence-corrected chi connectivity index (χ0v) is 8.96. The monoisotopic (exact) mass is 199 g/mol. The highest BCUT2D eigenvalue weighted by Crippen LogP contribution is 2.12. The largest absolute Gasteiger partial charge is 0.370 e. The summed E-state index contributed by atoms with van der Waals surface area (Å²) in [5.74, 6) is 0.580. The van der Waals surface area contributed by atoms with E-state index < -0.39 is 0 Å². The molecule has 1 rings (SSSR count). The topological polar surface area (TPSA) is 58.4 Å². The van der Waals surface area contributed by atoms with Crippen molar-refractivity contribution >= 4 is 5.91 Å². The third-order valence-corrected chi connectivity index (χ3v) is 2.77. The smallest absolute Gasteiger partial charge is 0.218 e. The van der Waals surface area contributed by atoms with Crippen LogP contribution in [-0.2, 0) is 4.79 Å². The summed E-state index contributed by atoms with van der Waals surface area (Å²) in [5, 5.41) is 3.35. The molecule has 1 heterocycles. The molecule has 14 heavy (non-hydrogen) atoms. The first-order valence-corrected chi connectivity index (χ1v) is 5.36. The summed E-state index contributed by atoms with van der Waals surface area (Å²) in [4.78, 5) is 12.8. The van der Waals surface area contributed by atoms with Gasteiger partial charge in [0, 0.05) is 19.5 Å². The van der Waals surface area contributed by atoms with E-state index in [1.807, 2.05) is 0 Å². The number of nitrogens with zero attached hydrogens (tertiary/aromatic N) is 1. The molecule has 0 aromatic rings. The molecule has 4 nitrogen and oxygen atoms in total. The van der Waals surface area contributed by atoms with Gasteiger partial charge in [-0.05, 0) is 38.9 Å². The van der Waals surface area contributed by atoms with Crippen LogP contribution in [0.15, 0.2) is 0 Å². The zero-order valence-electron chi connectivity index (χ0n) is 8.96. The number of rotatable bonds is 5. The van der Waals surface area contributed by atoms with Crippen molar-refractivity contribution in [3.8, 4) is 0 Å². The number of carbonyl (C=O) groups is 1. The second-order valence-electron chi connectivity index (χ2n) is 4.17. The molecule has 0 aromatic heterocycles. The van der Waals surface area contributed by atoms with Gasteiger partial charge >= 0.3 is 0 Å². The van der Waals surface area contributed by atoms with E-state index in [1.165, 1.54) is 12.8 Å². The molecule has 3 N–H and O–H groups in total. The van der Waals surface area contributed by atoms with Crippen LogP contribution in [0.4, 0.5) is 0 Å². The van der Waals surface area contributed by atoms with Gasteiger partial charge in [0.05, 0.1) is 0 Å². The van der Waals surface area contributed by atoms with Crippen molar-refractivity contribution in [2.24, 2.45) is 11.7 Å². The van der Waals surface area contributed by atoms with E-state index in [-0.39, 0.29) is 5.91 Å². The van der Waals surface area contributed by atoms with Gasteiger partial charge in [0.2, 0.25) is 5.91 Å². The molecule has 1 saturated heterocycles. The molecule has 1 amide bonds. The number of hydrogen-bond donors (Lipinski definition) is 2. The summed E-state index contributed by atoms with van der Waals surface area (Å²) in [7, 11) is 2.06. The Kier molecular flexibility index (Phi) is 4.90. The Morgan fingerprint density at radius 3 is 2.71 bits per heavy atom. The van der Waals surface area contributed by atoms with Crippen molar-refractivity contribution in [1.29, 1.82) is 0 Å². The number of carbonyl (C=O) groups excluding carboxylic acids is 1. The molecule has 4 heteroatoms. The highest BCUT2D eigenvalue weighted by atomic mass is 16.1. The van der Waals surface area contributed by atoms with Crippen molar-refractivity contribution in [2.75, 3.05) is 33.2 Å². The van der Waals surface area contributed by atoms with E-state index >= 15 is 0 Å². The van der Waals surface area contributed by atoms with Crippen molar-refractivity contribution in [3.05, 3.63) is 0 Å². The van der Waals surface area contributed by atoms with E-state index in [4.69, 9.17) is 5.73 Å². The van der Waals surface area contributed by atoms with Gasteiger partial charge in [-0.2, -0.15) is 0 Å². The van der Waals surface area contributed by atoms with Crippen molar-refractivity contribution < 1.29 is 4.79 Å². The molecule has 0 aliphatic carbocycles. The first kappa shape index (κ1) is 11.5. The van der Waals surface area contributed by atoms with Crippen LogP contribution in [0.5, 0.6) is 0 Å². The number of piperidine rings is 1. The van der Waals surface area contributed by atoms with Crippen LogP contribution in [-0.4, -0.2) is 44.0 Å². The van der Waals surface area contributed by atoms with Crippen LogP contribution in [0, 0.1) is 5.92 Å². The summed E-state index contributed by atoms with van der Waals surface area (Å²) in [6, 6.07) is 0. The fourth-order valence-corrected chi connectivity index (χ4v) is 1.90. The first-order valence-electron chi connectivity index (χ1n) is 5.36. The van der Waals surface area contributed by atoms with Crippen molar-refractivity contribution in [1.82, 2.24) is 10.2 Å². The molecule has 82 valence electrons. The van der Waals surface area contributed by atoms with Gasteiger partial charge in [-0.3, -0.25) is 4.79 Å². The summed E-state index contributed by atoms with van der Waals surface area (Å²) in [6.07, 6.45) is 2.98. The Bertz CT molecular complexity index is 178. The Labute approximate surface area is 85.8 Å². The van der Waals surface area contributed by atoms with Gasteiger partial charge < -0.3 is 16.0 Å². The van der Waals surface area contributed by atoms with E-state index in [1.54, 1.807) is 0 Å². The van der Waals surface area contributed by atoms with E-state index in [9.17, 15) is 4.79 Å². The molecule has 0 bridgehead atoms. The molecule has 0 unspecified atom stereocenters. The van der Waals surface area contributed by atoms with Gasteiger partial charge in [0.25, 0.3) is 0 Å². The minimum absolute atomic E-state index is 0.206. The molecule has 0 saturated carbocycles. The molecule has 1 fully saturated rings. The lowest BCUT2D eigenvalue weighted by molar-refractivity contribution is -0.118. The van der Waals surface area contributed by atoms with Gasteiger partial charge in [-0.15, -0.1) is 0 Å². The van der Waals surface area contributed by atoms with Crippen LogP contribution in [0.2, 0.25) is 0 Å². The van der Waals surface area contributed by atoms with Crippen LogP contribution >= 0.6 is 0 Å². The van der Waals surface area contributed by atoms with E-state index in [2.05, 4.69) is 17.3 Å². The average molecular weight is 199 g/mol. The maximum Gasteiger partial charge on any atom is 0.218 e. The second kappa shape index (κ2) is 5.98. The molecule has 0 atom stereocenters. The molecule has 1 aliphatic heterocycles. The minimum Gasteiger partial charge on any atom is -0.370 e. The summed E-state index contributed by atoms with van der Waals surface area (Å²) < 4.78 is 0. The third-order valence-electron chi connectivity index (χ3n) is 2.77. The Morgan fingerprint density at radius 1 is 1.50 bits per heavy atom. The third kappa shape index (κ3) is 4.58. The zero-order chi connectivity index (χ0) is 10.4. The fraction of sp³-hybridized carbons (Fsp3) is 0.900. The van der Waals surface area contributed by atoms with Crippen LogP contribution < -0.4 is 11.1 Å². The fourth-order valence-electron chi connectivity index (χ4n) is 1.90. The predicted molar refractivity (Wildman–Crippen MR) is 56.9 cm³/mol.